The second kappa shape index (κ2) is 7.30. The van der Waals surface area contributed by atoms with Crippen LogP contribution in [0.25, 0.3) is 0 Å². The highest BCUT2D eigenvalue weighted by molar-refractivity contribution is 7.98. The standard InChI is InChI=1S/C14H20ClNS/c15-14-4-2-1-3-13(14)11-17-10-7-12-5-8-16-9-6-12/h1-4,12,16H,5-11H2. The van der Waals surface area contributed by atoms with Gasteiger partial charge in [-0.15, -0.1) is 0 Å². The van der Waals surface area contributed by atoms with Crippen LogP contribution >= 0.6 is 23.4 Å². The molecular weight excluding hydrogens is 250 g/mol. The van der Waals surface area contributed by atoms with Gasteiger partial charge in [0.15, 0.2) is 0 Å². The third-order valence-electron chi connectivity index (χ3n) is 3.34. The van der Waals surface area contributed by atoms with Gasteiger partial charge in [0.1, 0.15) is 0 Å². The average Bonchev–Trinajstić information content (AvgIpc) is 2.38. The van der Waals surface area contributed by atoms with Crippen LogP contribution in [0, 0.1) is 5.92 Å². The summed E-state index contributed by atoms with van der Waals surface area (Å²) < 4.78 is 0. The zero-order valence-electron chi connectivity index (χ0n) is 10.1. The molecule has 0 amide bonds. The van der Waals surface area contributed by atoms with E-state index in [1.54, 1.807) is 0 Å². The summed E-state index contributed by atoms with van der Waals surface area (Å²) in [6, 6.07) is 8.16. The summed E-state index contributed by atoms with van der Waals surface area (Å²) in [5.41, 5.74) is 1.27. The molecule has 1 fully saturated rings. The van der Waals surface area contributed by atoms with E-state index in [1.165, 1.54) is 43.7 Å². The van der Waals surface area contributed by atoms with Gasteiger partial charge in [0.25, 0.3) is 0 Å². The summed E-state index contributed by atoms with van der Waals surface area (Å²) in [4.78, 5) is 0. The van der Waals surface area contributed by atoms with Crippen molar-refractivity contribution in [2.75, 3.05) is 18.8 Å². The van der Waals surface area contributed by atoms with Crippen molar-refractivity contribution < 1.29 is 0 Å². The Bertz CT molecular complexity index is 337. The molecule has 0 radical (unpaired) electrons. The van der Waals surface area contributed by atoms with Crippen molar-refractivity contribution in [2.24, 2.45) is 5.92 Å². The largest absolute Gasteiger partial charge is 0.317 e. The molecule has 0 atom stereocenters. The third-order valence-corrected chi connectivity index (χ3v) is 4.75. The molecule has 1 aliphatic rings. The van der Waals surface area contributed by atoms with Gasteiger partial charge in [-0.2, -0.15) is 11.8 Å². The van der Waals surface area contributed by atoms with Crippen molar-refractivity contribution in [3.63, 3.8) is 0 Å². The second-order valence-electron chi connectivity index (χ2n) is 4.63. The number of rotatable bonds is 5. The topological polar surface area (TPSA) is 12.0 Å². The maximum absolute atomic E-state index is 6.13. The lowest BCUT2D eigenvalue weighted by Gasteiger charge is -2.22. The normalized spacial score (nSPS) is 17.2. The van der Waals surface area contributed by atoms with Crippen LogP contribution in [0.15, 0.2) is 24.3 Å². The summed E-state index contributed by atoms with van der Waals surface area (Å²) in [5, 5.41) is 4.32. The molecule has 0 bridgehead atoms. The van der Waals surface area contributed by atoms with Gasteiger partial charge in [-0.3, -0.25) is 0 Å². The van der Waals surface area contributed by atoms with Crippen LogP contribution in [0.2, 0.25) is 5.02 Å². The molecule has 0 spiro atoms. The highest BCUT2D eigenvalue weighted by atomic mass is 35.5. The fourth-order valence-corrected chi connectivity index (χ4v) is 3.62. The minimum absolute atomic E-state index is 0.905. The number of nitrogens with one attached hydrogen (secondary N) is 1. The highest BCUT2D eigenvalue weighted by Crippen LogP contribution is 2.23. The van der Waals surface area contributed by atoms with Gasteiger partial charge in [0, 0.05) is 10.8 Å². The second-order valence-corrected chi connectivity index (χ2v) is 6.14. The maximum atomic E-state index is 6.13. The molecule has 0 aromatic heterocycles. The number of thioether (sulfide) groups is 1. The summed E-state index contributed by atoms with van der Waals surface area (Å²) >= 11 is 8.14. The predicted molar refractivity (Wildman–Crippen MR) is 77.8 cm³/mol. The lowest BCUT2D eigenvalue weighted by molar-refractivity contribution is 0.367. The summed E-state index contributed by atoms with van der Waals surface area (Å²) in [6.07, 6.45) is 4.07. The van der Waals surface area contributed by atoms with Gasteiger partial charge >= 0.3 is 0 Å². The van der Waals surface area contributed by atoms with Crippen molar-refractivity contribution in [2.45, 2.75) is 25.0 Å². The van der Waals surface area contributed by atoms with E-state index in [-0.39, 0.29) is 0 Å². The number of piperidine rings is 1. The van der Waals surface area contributed by atoms with Crippen LogP contribution < -0.4 is 5.32 Å². The molecule has 1 aliphatic heterocycles. The highest BCUT2D eigenvalue weighted by Gasteiger charge is 2.12. The molecule has 1 nitrogen and oxygen atoms in total. The predicted octanol–water partition coefficient (Wildman–Crippen LogP) is 3.96. The van der Waals surface area contributed by atoms with Crippen LogP contribution in [0.4, 0.5) is 0 Å². The number of hydrogen-bond donors (Lipinski definition) is 1. The monoisotopic (exact) mass is 269 g/mol. The molecular formula is C14H20ClNS. The van der Waals surface area contributed by atoms with Crippen LogP contribution in [0.5, 0.6) is 0 Å². The van der Waals surface area contributed by atoms with Gasteiger partial charge in [-0.1, -0.05) is 29.8 Å². The van der Waals surface area contributed by atoms with E-state index in [1.807, 2.05) is 23.9 Å². The first-order chi connectivity index (χ1) is 8.36. The van der Waals surface area contributed by atoms with Crippen molar-refractivity contribution >= 4 is 23.4 Å². The fourth-order valence-electron chi connectivity index (χ4n) is 2.22. The van der Waals surface area contributed by atoms with Crippen molar-refractivity contribution in [1.82, 2.24) is 5.32 Å². The first kappa shape index (κ1) is 13.3. The number of halogens is 1. The molecule has 94 valence electrons. The number of hydrogen-bond acceptors (Lipinski definition) is 2. The van der Waals surface area contributed by atoms with Crippen molar-refractivity contribution in [3.05, 3.63) is 34.9 Å². The molecule has 0 saturated carbocycles. The fraction of sp³-hybridized carbons (Fsp3) is 0.571. The molecule has 1 aromatic rings. The summed E-state index contributed by atoms with van der Waals surface area (Å²) in [6.45, 7) is 2.42. The molecule has 17 heavy (non-hydrogen) atoms. The Labute approximate surface area is 113 Å². The lowest BCUT2D eigenvalue weighted by Crippen LogP contribution is -2.27. The van der Waals surface area contributed by atoms with Crippen molar-refractivity contribution in [3.8, 4) is 0 Å². The van der Waals surface area contributed by atoms with Crippen LogP contribution in [-0.4, -0.2) is 18.8 Å². The zero-order valence-corrected chi connectivity index (χ0v) is 11.7. The maximum Gasteiger partial charge on any atom is 0.0446 e. The van der Waals surface area contributed by atoms with Gasteiger partial charge in [0.05, 0.1) is 0 Å². The first-order valence-electron chi connectivity index (χ1n) is 6.38. The van der Waals surface area contributed by atoms with Gasteiger partial charge < -0.3 is 5.32 Å². The Morgan fingerprint density at radius 2 is 2.00 bits per heavy atom. The smallest absolute Gasteiger partial charge is 0.0446 e. The molecule has 3 heteroatoms. The van der Waals surface area contributed by atoms with Crippen LogP contribution in [0.1, 0.15) is 24.8 Å². The lowest BCUT2D eigenvalue weighted by atomic mass is 9.96. The van der Waals surface area contributed by atoms with E-state index < -0.39 is 0 Å². The van der Waals surface area contributed by atoms with Crippen LogP contribution in [0.3, 0.4) is 0 Å². The Morgan fingerprint density at radius 1 is 1.24 bits per heavy atom. The minimum atomic E-state index is 0.905. The molecule has 0 aliphatic carbocycles. The number of benzene rings is 1. The molecule has 1 saturated heterocycles. The van der Waals surface area contributed by atoms with E-state index in [4.69, 9.17) is 11.6 Å². The van der Waals surface area contributed by atoms with E-state index in [9.17, 15) is 0 Å². The first-order valence-corrected chi connectivity index (χ1v) is 7.91. The third kappa shape index (κ3) is 4.53. The van der Waals surface area contributed by atoms with E-state index >= 15 is 0 Å². The molecule has 1 N–H and O–H groups in total. The van der Waals surface area contributed by atoms with Gasteiger partial charge in [0.2, 0.25) is 0 Å². The van der Waals surface area contributed by atoms with E-state index in [0.717, 1.165) is 16.7 Å². The van der Waals surface area contributed by atoms with E-state index in [0.29, 0.717) is 0 Å². The Hall–Kier alpha value is -0.180. The summed E-state index contributed by atoms with van der Waals surface area (Å²) in [7, 11) is 0. The SMILES string of the molecule is Clc1ccccc1CSCCC1CCNCC1. The average molecular weight is 270 g/mol. The Kier molecular flexibility index (Phi) is 5.69. The van der Waals surface area contributed by atoms with Gasteiger partial charge in [-0.05, 0) is 55.7 Å². The molecule has 1 aromatic carbocycles. The minimum Gasteiger partial charge on any atom is -0.317 e. The van der Waals surface area contributed by atoms with Crippen LogP contribution in [-0.2, 0) is 5.75 Å². The molecule has 1 heterocycles. The zero-order chi connectivity index (χ0) is 11.9. The quantitative estimate of drug-likeness (QED) is 0.812. The van der Waals surface area contributed by atoms with Crippen molar-refractivity contribution in [1.29, 1.82) is 0 Å². The molecule has 2 rings (SSSR count). The Balaban J connectivity index is 1.64. The summed E-state index contributed by atoms with van der Waals surface area (Å²) in [5.74, 6) is 3.25. The van der Waals surface area contributed by atoms with E-state index in [2.05, 4.69) is 17.4 Å². The molecule has 0 unspecified atom stereocenters. The van der Waals surface area contributed by atoms with Gasteiger partial charge in [-0.25, -0.2) is 0 Å². The Morgan fingerprint density at radius 3 is 2.76 bits per heavy atom.